The van der Waals surface area contributed by atoms with E-state index in [2.05, 4.69) is 185 Å². The Hall–Kier alpha value is -8.09. The minimum atomic E-state index is 0.541. The summed E-state index contributed by atoms with van der Waals surface area (Å²) < 4.78 is 11.2. The van der Waals surface area contributed by atoms with Gasteiger partial charge in [-0.15, -0.1) is 0 Å². The first-order valence-electron chi connectivity index (χ1n) is 19.9. The number of furan rings is 1. The minimum Gasteiger partial charge on any atom is -0.456 e. The highest BCUT2D eigenvalue weighted by molar-refractivity contribution is 6.17. The lowest BCUT2D eigenvalue weighted by Crippen LogP contribution is -2.08. The number of hydrogen-bond donors (Lipinski definition) is 0. The van der Waals surface area contributed by atoms with Crippen LogP contribution >= 0.6 is 0 Å². The average Bonchev–Trinajstić information content (AvgIpc) is 3.95. The van der Waals surface area contributed by atoms with Crippen molar-refractivity contribution in [2.24, 2.45) is 0 Å². The number of fused-ring (bicyclic) bond motifs is 11. The summed E-state index contributed by atoms with van der Waals surface area (Å²) in [6.07, 6.45) is 0. The second kappa shape index (κ2) is 12.2. The van der Waals surface area contributed by atoms with Crippen LogP contribution in [-0.4, -0.2) is 24.1 Å². The zero-order valence-corrected chi connectivity index (χ0v) is 31.5. The molecular weight excluding hydrogens is 723 g/mol. The summed E-state index contributed by atoms with van der Waals surface area (Å²) in [7, 11) is 0. The standard InChI is InChI=1S/C53H31N5O/c1-2-14-33-29-36(26-25-32(33)13-1)51-54-52(56-53(55-51)58-43-22-10-5-17-37(43)38-18-6-11-23-44(38)58)50-45(27-28-48-49(50)40-20-8-12-24-47(40)59-48)57-42-21-9-7-19-39(42)41-30-34-15-3-4-16-35(34)31-46(41)57/h1-31H. The summed E-state index contributed by atoms with van der Waals surface area (Å²) in [5.74, 6) is 1.68. The van der Waals surface area contributed by atoms with Crippen molar-refractivity contribution in [3.05, 3.63) is 188 Å². The van der Waals surface area contributed by atoms with Crippen LogP contribution in [0.2, 0.25) is 0 Å². The third kappa shape index (κ3) is 4.71. The van der Waals surface area contributed by atoms with Crippen molar-refractivity contribution in [3.8, 4) is 34.4 Å². The topological polar surface area (TPSA) is 61.7 Å². The first kappa shape index (κ1) is 32.0. The second-order valence-corrected chi connectivity index (χ2v) is 15.2. The Labute approximate surface area is 336 Å². The molecule has 0 radical (unpaired) electrons. The maximum Gasteiger partial charge on any atom is 0.238 e. The van der Waals surface area contributed by atoms with Crippen molar-refractivity contribution in [2.45, 2.75) is 0 Å². The van der Waals surface area contributed by atoms with Gasteiger partial charge in [-0.1, -0.05) is 133 Å². The van der Waals surface area contributed by atoms with Gasteiger partial charge in [-0.2, -0.15) is 9.97 Å². The van der Waals surface area contributed by atoms with Crippen molar-refractivity contribution >= 4 is 87.1 Å². The highest BCUT2D eigenvalue weighted by atomic mass is 16.3. The molecule has 13 aromatic rings. The Bertz CT molecular complexity index is 3820. The maximum absolute atomic E-state index is 6.61. The molecule has 6 heteroatoms. The van der Waals surface area contributed by atoms with Gasteiger partial charge in [-0.05, 0) is 76.1 Å². The molecule has 4 heterocycles. The molecule has 0 spiro atoms. The van der Waals surface area contributed by atoms with Gasteiger partial charge in [0, 0.05) is 37.9 Å². The number of hydrogen-bond acceptors (Lipinski definition) is 4. The number of para-hydroxylation sites is 4. The molecule has 13 rings (SSSR count). The number of aromatic nitrogens is 5. The van der Waals surface area contributed by atoms with Gasteiger partial charge in [-0.25, -0.2) is 4.98 Å². The summed E-state index contributed by atoms with van der Waals surface area (Å²) in [6.45, 7) is 0. The summed E-state index contributed by atoms with van der Waals surface area (Å²) >= 11 is 0. The van der Waals surface area contributed by atoms with Gasteiger partial charge in [0.2, 0.25) is 5.95 Å². The van der Waals surface area contributed by atoms with Crippen LogP contribution in [0.1, 0.15) is 0 Å². The number of benzene rings is 9. The van der Waals surface area contributed by atoms with Crippen LogP contribution in [-0.2, 0) is 0 Å². The van der Waals surface area contributed by atoms with Crippen LogP contribution in [0.3, 0.4) is 0 Å². The van der Waals surface area contributed by atoms with Crippen LogP contribution in [0.25, 0.3) is 122 Å². The summed E-state index contributed by atoms with van der Waals surface area (Å²) in [4.78, 5) is 16.4. The predicted octanol–water partition coefficient (Wildman–Crippen LogP) is 13.6. The Morgan fingerprint density at radius 1 is 0.356 bits per heavy atom. The van der Waals surface area contributed by atoms with Gasteiger partial charge in [-0.3, -0.25) is 4.57 Å². The Kier molecular flexibility index (Phi) is 6.63. The van der Waals surface area contributed by atoms with Crippen molar-refractivity contribution < 1.29 is 4.42 Å². The molecule has 4 aromatic heterocycles. The Morgan fingerprint density at radius 3 is 1.64 bits per heavy atom. The molecule has 59 heavy (non-hydrogen) atoms. The molecule has 0 bridgehead atoms. The fourth-order valence-corrected chi connectivity index (χ4v) is 9.31. The van der Waals surface area contributed by atoms with Gasteiger partial charge in [0.25, 0.3) is 0 Å². The largest absolute Gasteiger partial charge is 0.456 e. The van der Waals surface area contributed by atoms with Gasteiger partial charge in [0.1, 0.15) is 11.2 Å². The molecule has 0 aliphatic heterocycles. The van der Waals surface area contributed by atoms with Gasteiger partial charge >= 0.3 is 0 Å². The van der Waals surface area contributed by atoms with Crippen LogP contribution < -0.4 is 0 Å². The lowest BCUT2D eigenvalue weighted by molar-refractivity contribution is 0.669. The van der Waals surface area contributed by atoms with Gasteiger partial charge in [0.15, 0.2) is 11.6 Å². The van der Waals surface area contributed by atoms with E-state index in [4.69, 9.17) is 19.4 Å². The van der Waals surface area contributed by atoms with Gasteiger partial charge in [0.05, 0.1) is 33.3 Å². The molecular formula is C53H31N5O. The fraction of sp³-hybridized carbons (Fsp3) is 0. The fourth-order valence-electron chi connectivity index (χ4n) is 9.31. The zero-order valence-electron chi connectivity index (χ0n) is 31.5. The van der Waals surface area contributed by atoms with Crippen LogP contribution in [0.15, 0.2) is 192 Å². The molecule has 0 saturated carbocycles. The van der Waals surface area contributed by atoms with Crippen LogP contribution in [0.4, 0.5) is 0 Å². The average molecular weight is 754 g/mol. The third-order valence-electron chi connectivity index (χ3n) is 11.9. The molecule has 0 N–H and O–H groups in total. The predicted molar refractivity (Wildman–Crippen MR) is 242 cm³/mol. The molecule has 0 saturated heterocycles. The summed E-state index contributed by atoms with van der Waals surface area (Å²) in [5, 5.41) is 11.2. The molecule has 0 unspecified atom stereocenters. The monoisotopic (exact) mass is 753 g/mol. The quantitative estimate of drug-likeness (QED) is 0.180. The minimum absolute atomic E-state index is 0.541. The van der Waals surface area contributed by atoms with Crippen molar-refractivity contribution in [1.82, 2.24) is 24.1 Å². The van der Waals surface area contributed by atoms with E-state index in [1.54, 1.807) is 0 Å². The molecule has 274 valence electrons. The third-order valence-corrected chi connectivity index (χ3v) is 11.9. The molecule has 0 aliphatic carbocycles. The zero-order chi connectivity index (χ0) is 38.6. The maximum atomic E-state index is 6.61. The molecule has 0 atom stereocenters. The molecule has 0 fully saturated rings. The van der Waals surface area contributed by atoms with Crippen LogP contribution in [0.5, 0.6) is 0 Å². The van der Waals surface area contributed by atoms with E-state index in [1.165, 1.54) is 21.5 Å². The van der Waals surface area contributed by atoms with E-state index in [0.29, 0.717) is 17.6 Å². The van der Waals surface area contributed by atoms with E-state index >= 15 is 0 Å². The molecule has 6 nitrogen and oxygen atoms in total. The summed E-state index contributed by atoms with van der Waals surface area (Å²) in [5.41, 5.74) is 8.55. The smallest absolute Gasteiger partial charge is 0.238 e. The SMILES string of the molecule is c1ccc2cc(-c3nc(-c4c(-n5c6ccccc6c6cc7ccccc7cc65)ccc5oc6ccccc6c45)nc(-n4c5ccccc5c5ccccc54)n3)ccc2c1. The highest BCUT2D eigenvalue weighted by Gasteiger charge is 2.25. The highest BCUT2D eigenvalue weighted by Crippen LogP contribution is 2.44. The van der Waals surface area contributed by atoms with E-state index < -0.39 is 0 Å². The molecule has 0 amide bonds. The number of nitrogens with zero attached hydrogens (tertiary/aromatic N) is 5. The molecule has 0 aliphatic rings. The van der Waals surface area contributed by atoms with Crippen molar-refractivity contribution in [2.75, 3.05) is 0 Å². The van der Waals surface area contributed by atoms with E-state index in [0.717, 1.165) is 82.4 Å². The van der Waals surface area contributed by atoms with Crippen molar-refractivity contribution in [3.63, 3.8) is 0 Å². The van der Waals surface area contributed by atoms with Crippen molar-refractivity contribution in [1.29, 1.82) is 0 Å². The Morgan fingerprint density at radius 2 is 0.915 bits per heavy atom. The lowest BCUT2D eigenvalue weighted by atomic mass is 10.0. The normalized spacial score (nSPS) is 12.1. The molecule has 9 aromatic carbocycles. The first-order chi connectivity index (χ1) is 29.2. The Balaban J connectivity index is 1.20. The van der Waals surface area contributed by atoms with E-state index in [-0.39, 0.29) is 0 Å². The summed E-state index contributed by atoms with van der Waals surface area (Å²) in [6, 6.07) is 66.2. The van der Waals surface area contributed by atoms with E-state index in [1.807, 2.05) is 12.1 Å². The number of rotatable bonds is 4. The van der Waals surface area contributed by atoms with Crippen LogP contribution in [0, 0.1) is 0 Å². The first-order valence-corrected chi connectivity index (χ1v) is 19.9. The van der Waals surface area contributed by atoms with E-state index in [9.17, 15) is 0 Å². The van der Waals surface area contributed by atoms with Gasteiger partial charge < -0.3 is 8.98 Å². The second-order valence-electron chi connectivity index (χ2n) is 15.2. The lowest BCUT2D eigenvalue weighted by Gasteiger charge is -2.16.